The van der Waals surface area contributed by atoms with Crippen molar-refractivity contribution < 1.29 is 0 Å². The first-order valence-corrected chi connectivity index (χ1v) is 7.41. The van der Waals surface area contributed by atoms with Crippen LogP contribution in [-0.4, -0.2) is 15.3 Å². The first-order valence-electron chi connectivity index (χ1n) is 5.63. The lowest BCUT2D eigenvalue weighted by molar-refractivity contribution is 0.756. The van der Waals surface area contributed by atoms with Crippen molar-refractivity contribution in [2.45, 2.75) is 25.3 Å². The molecule has 0 atom stereocenters. The molecule has 3 rings (SSSR count). The Morgan fingerprint density at radius 3 is 3.00 bits per heavy atom. The second kappa shape index (κ2) is 4.18. The summed E-state index contributed by atoms with van der Waals surface area (Å²) in [7, 11) is 0. The van der Waals surface area contributed by atoms with Gasteiger partial charge in [-0.1, -0.05) is 15.9 Å². The third-order valence-corrected chi connectivity index (χ3v) is 4.74. The third kappa shape index (κ3) is 1.83. The number of hydrogen-bond donors (Lipinski definition) is 0. The van der Waals surface area contributed by atoms with E-state index in [-0.39, 0.29) is 0 Å². The summed E-state index contributed by atoms with van der Waals surface area (Å²) in [6.07, 6.45) is 0. The van der Waals surface area contributed by atoms with E-state index in [9.17, 15) is 0 Å². The highest BCUT2D eigenvalue weighted by atomic mass is 79.9. The Morgan fingerprint density at radius 1 is 1.35 bits per heavy atom. The zero-order valence-corrected chi connectivity index (χ0v) is 12.2. The van der Waals surface area contributed by atoms with Gasteiger partial charge >= 0.3 is 0 Å². The first-order chi connectivity index (χ1) is 8.16. The molecule has 0 saturated heterocycles. The molecule has 2 heterocycles. The second-order valence-electron chi connectivity index (χ2n) is 4.25. The monoisotopic (exact) mass is 308 g/mol. The van der Waals surface area contributed by atoms with Crippen molar-refractivity contribution in [2.24, 2.45) is 0 Å². The standard InChI is InChI=1S/C13H13BrN2S/c1-8-9(2)16-5-6-17-12-7-10(14)3-4-11(12)13(16)15-8/h3-4,7H,5-6H2,1-2H3. The van der Waals surface area contributed by atoms with Crippen LogP contribution in [0.25, 0.3) is 11.4 Å². The van der Waals surface area contributed by atoms with E-state index in [1.807, 2.05) is 11.8 Å². The van der Waals surface area contributed by atoms with Crippen molar-refractivity contribution in [2.75, 3.05) is 5.75 Å². The lowest BCUT2D eigenvalue weighted by Crippen LogP contribution is -2.02. The van der Waals surface area contributed by atoms with Gasteiger partial charge in [0, 0.05) is 32.9 Å². The number of fused-ring (bicyclic) bond motifs is 3. The molecule has 0 fully saturated rings. The zero-order chi connectivity index (χ0) is 12.0. The molecule has 1 aliphatic rings. The lowest BCUT2D eigenvalue weighted by Gasteiger charge is -2.06. The maximum Gasteiger partial charge on any atom is 0.141 e. The fourth-order valence-corrected chi connectivity index (χ4v) is 3.71. The Labute approximate surface area is 114 Å². The Hall–Kier alpha value is -0.740. The molecular formula is C13H13BrN2S. The topological polar surface area (TPSA) is 17.8 Å². The minimum absolute atomic E-state index is 1.04. The van der Waals surface area contributed by atoms with Crippen LogP contribution in [0.3, 0.4) is 0 Å². The second-order valence-corrected chi connectivity index (χ2v) is 6.30. The maximum atomic E-state index is 4.72. The van der Waals surface area contributed by atoms with Crippen LogP contribution in [0.4, 0.5) is 0 Å². The highest BCUT2D eigenvalue weighted by Gasteiger charge is 2.19. The van der Waals surface area contributed by atoms with Crippen LogP contribution in [0, 0.1) is 13.8 Å². The van der Waals surface area contributed by atoms with Crippen LogP contribution in [-0.2, 0) is 6.54 Å². The average molecular weight is 309 g/mol. The van der Waals surface area contributed by atoms with E-state index < -0.39 is 0 Å². The summed E-state index contributed by atoms with van der Waals surface area (Å²) in [5.41, 5.74) is 3.68. The summed E-state index contributed by atoms with van der Waals surface area (Å²) >= 11 is 5.44. The third-order valence-electron chi connectivity index (χ3n) is 3.21. The summed E-state index contributed by atoms with van der Waals surface area (Å²) in [5.74, 6) is 2.22. The summed E-state index contributed by atoms with van der Waals surface area (Å²) in [4.78, 5) is 6.04. The van der Waals surface area contributed by atoms with Crippen LogP contribution in [0.1, 0.15) is 11.4 Å². The SMILES string of the molecule is Cc1nc2n(c1C)CCSc1cc(Br)ccc1-2. The van der Waals surface area contributed by atoms with Gasteiger partial charge in [-0.2, -0.15) is 0 Å². The Bertz CT molecular complexity index is 589. The van der Waals surface area contributed by atoms with Crippen molar-refractivity contribution in [3.05, 3.63) is 34.1 Å². The number of halogens is 1. The molecule has 0 aliphatic carbocycles. The minimum Gasteiger partial charge on any atom is -0.327 e. The Balaban J connectivity index is 2.27. The van der Waals surface area contributed by atoms with Gasteiger partial charge in [0.1, 0.15) is 5.82 Å². The van der Waals surface area contributed by atoms with Gasteiger partial charge in [-0.05, 0) is 32.0 Å². The van der Waals surface area contributed by atoms with E-state index >= 15 is 0 Å². The van der Waals surface area contributed by atoms with Crippen LogP contribution >= 0.6 is 27.7 Å². The Kier molecular flexibility index (Phi) is 2.79. The van der Waals surface area contributed by atoms with Gasteiger partial charge in [-0.15, -0.1) is 11.8 Å². The number of aromatic nitrogens is 2. The predicted molar refractivity (Wildman–Crippen MR) is 75.6 cm³/mol. The van der Waals surface area contributed by atoms with Gasteiger partial charge in [0.25, 0.3) is 0 Å². The summed E-state index contributed by atoms with van der Waals surface area (Å²) in [5, 5.41) is 0. The maximum absolute atomic E-state index is 4.72. The molecule has 0 unspecified atom stereocenters. The molecule has 1 aliphatic heterocycles. The molecule has 0 N–H and O–H groups in total. The molecule has 1 aromatic carbocycles. The number of aryl methyl sites for hydroxylation is 1. The normalized spacial score (nSPS) is 14.1. The van der Waals surface area contributed by atoms with Crippen molar-refractivity contribution >= 4 is 27.7 Å². The average Bonchev–Trinajstić information content (AvgIpc) is 2.49. The van der Waals surface area contributed by atoms with Gasteiger partial charge in [0.15, 0.2) is 0 Å². The lowest BCUT2D eigenvalue weighted by atomic mass is 10.2. The molecule has 0 saturated carbocycles. The molecule has 0 spiro atoms. The fraction of sp³-hybridized carbons (Fsp3) is 0.308. The largest absolute Gasteiger partial charge is 0.327 e. The molecule has 88 valence electrons. The molecule has 0 amide bonds. The van der Waals surface area contributed by atoms with Crippen LogP contribution in [0.2, 0.25) is 0 Å². The summed E-state index contributed by atoms with van der Waals surface area (Å²) < 4.78 is 3.47. The highest BCUT2D eigenvalue weighted by molar-refractivity contribution is 9.10. The number of imidazole rings is 1. The van der Waals surface area contributed by atoms with Crippen LogP contribution < -0.4 is 0 Å². The van der Waals surface area contributed by atoms with Crippen molar-refractivity contribution in [3.63, 3.8) is 0 Å². The van der Waals surface area contributed by atoms with Gasteiger partial charge in [0.05, 0.1) is 5.69 Å². The Morgan fingerprint density at radius 2 is 2.18 bits per heavy atom. The van der Waals surface area contributed by atoms with Crippen molar-refractivity contribution in [1.29, 1.82) is 0 Å². The molecule has 17 heavy (non-hydrogen) atoms. The molecule has 2 aromatic rings. The van der Waals surface area contributed by atoms with Gasteiger partial charge in [-0.25, -0.2) is 4.98 Å². The number of nitrogens with zero attached hydrogens (tertiary/aromatic N) is 2. The number of thioether (sulfide) groups is 1. The van der Waals surface area contributed by atoms with Crippen molar-refractivity contribution in [1.82, 2.24) is 9.55 Å². The molecule has 0 radical (unpaired) electrons. The summed E-state index contributed by atoms with van der Waals surface area (Å²) in [6, 6.07) is 6.44. The highest BCUT2D eigenvalue weighted by Crippen LogP contribution is 2.36. The molecule has 1 aromatic heterocycles. The van der Waals surface area contributed by atoms with Crippen LogP contribution in [0.15, 0.2) is 27.6 Å². The molecule has 4 heteroatoms. The van der Waals surface area contributed by atoms with Crippen molar-refractivity contribution in [3.8, 4) is 11.4 Å². The van der Waals surface area contributed by atoms with E-state index in [1.54, 1.807) is 0 Å². The number of hydrogen-bond acceptors (Lipinski definition) is 2. The number of rotatable bonds is 0. The summed E-state index contributed by atoms with van der Waals surface area (Å²) in [6.45, 7) is 5.28. The molecular weight excluding hydrogens is 296 g/mol. The van der Waals surface area contributed by atoms with Gasteiger partial charge in [0.2, 0.25) is 0 Å². The van der Waals surface area contributed by atoms with Gasteiger partial charge < -0.3 is 4.57 Å². The smallest absolute Gasteiger partial charge is 0.141 e. The van der Waals surface area contributed by atoms with Gasteiger partial charge in [-0.3, -0.25) is 0 Å². The van der Waals surface area contributed by atoms with E-state index in [0.717, 1.165) is 28.3 Å². The number of benzene rings is 1. The quantitative estimate of drug-likeness (QED) is 0.731. The minimum atomic E-state index is 1.04. The predicted octanol–water partition coefficient (Wildman–Crippen LogP) is 4.04. The first kappa shape index (κ1) is 11.4. The van der Waals surface area contributed by atoms with E-state index in [1.165, 1.54) is 16.2 Å². The van der Waals surface area contributed by atoms with E-state index in [0.29, 0.717) is 0 Å². The zero-order valence-electron chi connectivity index (χ0n) is 9.83. The van der Waals surface area contributed by atoms with Crippen LogP contribution in [0.5, 0.6) is 0 Å². The fourth-order valence-electron chi connectivity index (χ4n) is 2.18. The molecule has 2 nitrogen and oxygen atoms in total. The van der Waals surface area contributed by atoms with E-state index in [4.69, 9.17) is 4.98 Å². The van der Waals surface area contributed by atoms with E-state index in [2.05, 4.69) is 52.5 Å². The molecule has 0 bridgehead atoms.